The summed E-state index contributed by atoms with van der Waals surface area (Å²) >= 11 is 1.69. The third-order valence-electron chi connectivity index (χ3n) is 1.19. The van der Waals surface area contributed by atoms with Crippen LogP contribution in [0.1, 0.15) is 20.8 Å². The van der Waals surface area contributed by atoms with E-state index in [1.165, 1.54) is 0 Å². The Bertz CT molecular complexity index is 93.6. The Balaban J connectivity index is 3.46. The number of nitrogens with two attached hydrogens (primary N) is 1. The van der Waals surface area contributed by atoms with Crippen LogP contribution in [-0.2, 0) is 4.74 Å². The highest BCUT2D eigenvalue weighted by molar-refractivity contribution is 7.99. The number of thioether (sulfide) groups is 1. The van der Waals surface area contributed by atoms with Crippen molar-refractivity contribution in [3.8, 4) is 0 Å². The quantitative estimate of drug-likeness (QED) is 0.637. The maximum Gasteiger partial charge on any atom is 0.107 e. The smallest absolute Gasteiger partial charge is 0.107 e. The van der Waals surface area contributed by atoms with Gasteiger partial charge in [-0.1, -0.05) is 0 Å². The van der Waals surface area contributed by atoms with Crippen LogP contribution in [0.25, 0.3) is 0 Å². The maximum absolute atomic E-state index is 5.52. The highest BCUT2D eigenvalue weighted by Gasteiger charge is 2.15. The molecule has 0 amide bonds. The van der Waals surface area contributed by atoms with Gasteiger partial charge in [0.05, 0.1) is 6.61 Å². The monoisotopic (exact) mass is 163 g/mol. The lowest BCUT2D eigenvalue weighted by atomic mass is 10.4. The summed E-state index contributed by atoms with van der Waals surface area (Å²) in [6.45, 7) is 6.66. The Hall–Kier alpha value is 0.270. The average Bonchev–Trinajstić information content (AvgIpc) is 1.85. The van der Waals surface area contributed by atoms with Crippen LogP contribution < -0.4 is 5.73 Å². The molecule has 0 bridgehead atoms. The van der Waals surface area contributed by atoms with Gasteiger partial charge in [0, 0.05) is 6.04 Å². The van der Waals surface area contributed by atoms with Crippen molar-refractivity contribution < 1.29 is 4.74 Å². The van der Waals surface area contributed by atoms with Crippen LogP contribution in [0.2, 0.25) is 0 Å². The first-order valence-corrected chi connectivity index (χ1v) is 4.65. The average molecular weight is 163 g/mol. The fourth-order valence-corrected chi connectivity index (χ4v) is 0.577. The molecule has 0 fully saturated rings. The first kappa shape index (κ1) is 10.3. The SMILES string of the molecule is CSC(C)(C)OCC(C)N. The Morgan fingerprint density at radius 3 is 2.40 bits per heavy atom. The molecule has 62 valence electrons. The van der Waals surface area contributed by atoms with Gasteiger partial charge in [0.15, 0.2) is 0 Å². The number of hydrogen-bond donors (Lipinski definition) is 1. The summed E-state index contributed by atoms with van der Waals surface area (Å²) in [6.07, 6.45) is 2.03. The van der Waals surface area contributed by atoms with Gasteiger partial charge < -0.3 is 10.5 Å². The number of ether oxygens (including phenoxy) is 1. The molecule has 0 heterocycles. The van der Waals surface area contributed by atoms with E-state index >= 15 is 0 Å². The molecular weight excluding hydrogens is 146 g/mol. The van der Waals surface area contributed by atoms with E-state index in [9.17, 15) is 0 Å². The molecule has 0 aromatic rings. The summed E-state index contributed by atoms with van der Waals surface area (Å²) in [7, 11) is 0. The first-order valence-electron chi connectivity index (χ1n) is 3.42. The van der Waals surface area contributed by atoms with Gasteiger partial charge in [0.1, 0.15) is 4.93 Å². The Morgan fingerprint density at radius 1 is 1.60 bits per heavy atom. The second kappa shape index (κ2) is 4.21. The number of hydrogen-bond acceptors (Lipinski definition) is 3. The van der Waals surface area contributed by atoms with E-state index in [2.05, 4.69) is 0 Å². The Kier molecular flexibility index (Phi) is 4.32. The molecule has 0 aliphatic rings. The predicted octanol–water partition coefficient (Wildman–Crippen LogP) is 1.45. The Labute approximate surface area is 67.5 Å². The molecular formula is C7H17NOS. The standard InChI is InChI=1S/C7H17NOS/c1-6(8)5-9-7(2,3)10-4/h6H,5,8H2,1-4H3. The molecule has 1 atom stereocenters. The molecule has 0 radical (unpaired) electrons. The van der Waals surface area contributed by atoms with Crippen molar-refractivity contribution in [2.45, 2.75) is 31.7 Å². The largest absolute Gasteiger partial charge is 0.363 e. The van der Waals surface area contributed by atoms with Gasteiger partial charge in [-0.3, -0.25) is 0 Å². The second-order valence-electron chi connectivity index (χ2n) is 2.89. The zero-order valence-corrected chi connectivity index (χ0v) is 7.99. The highest BCUT2D eigenvalue weighted by Crippen LogP contribution is 2.22. The molecule has 3 heteroatoms. The molecule has 0 aromatic carbocycles. The van der Waals surface area contributed by atoms with Gasteiger partial charge in [-0.15, -0.1) is 11.8 Å². The fraction of sp³-hybridized carbons (Fsp3) is 1.00. The lowest BCUT2D eigenvalue weighted by molar-refractivity contribution is 0.0460. The maximum atomic E-state index is 5.52. The topological polar surface area (TPSA) is 35.2 Å². The molecule has 0 saturated carbocycles. The van der Waals surface area contributed by atoms with Gasteiger partial charge >= 0.3 is 0 Å². The van der Waals surface area contributed by atoms with E-state index in [0.717, 1.165) is 0 Å². The molecule has 2 nitrogen and oxygen atoms in total. The summed E-state index contributed by atoms with van der Waals surface area (Å²) in [5.41, 5.74) is 5.52. The van der Waals surface area contributed by atoms with Crippen molar-refractivity contribution in [3.05, 3.63) is 0 Å². The van der Waals surface area contributed by atoms with Crippen molar-refractivity contribution in [2.24, 2.45) is 5.73 Å². The van der Waals surface area contributed by atoms with Crippen molar-refractivity contribution in [3.63, 3.8) is 0 Å². The van der Waals surface area contributed by atoms with Crippen LogP contribution in [0, 0.1) is 0 Å². The van der Waals surface area contributed by atoms with E-state index in [1.54, 1.807) is 11.8 Å². The molecule has 0 aromatic heterocycles. The minimum Gasteiger partial charge on any atom is -0.363 e. The van der Waals surface area contributed by atoms with Crippen molar-refractivity contribution in [2.75, 3.05) is 12.9 Å². The van der Waals surface area contributed by atoms with Crippen molar-refractivity contribution >= 4 is 11.8 Å². The summed E-state index contributed by atoms with van der Waals surface area (Å²) in [5, 5.41) is 0. The lowest BCUT2D eigenvalue weighted by Gasteiger charge is -2.23. The molecule has 0 aliphatic carbocycles. The van der Waals surface area contributed by atoms with Crippen LogP contribution >= 0.6 is 11.8 Å². The summed E-state index contributed by atoms with van der Waals surface area (Å²) in [5.74, 6) is 0. The van der Waals surface area contributed by atoms with Crippen molar-refractivity contribution in [1.29, 1.82) is 0 Å². The van der Waals surface area contributed by atoms with Gasteiger partial charge in [-0.05, 0) is 27.0 Å². The van der Waals surface area contributed by atoms with Crippen LogP contribution in [0.5, 0.6) is 0 Å². The molecule has 0 rings (SSSR count). The molecule has 0 saturated heterocycles. The molecule has 0 spiro atoms. The second-order valence-corrected chi connectivity index (χ2v) is 4.28. The highest BCUT2D eigenvalue weighted by atomic mass is 32.2. The van der Waals surface area contributed by atoms with E-state index in [4.69, 9.17) is 10.5 Å². The van der Waals surface area contributed by atoms with E-state index in [1.807, 2.05) is 27.0 Å². The molecule has 0 aliphatic heterocycles. The minimum absolute atomic E-state index is 0.0897. The Morgan fingerprint density at radius 2 is 2.10 bits per heavy atom. The zero-order chi connectivity index (χ0) is 8.20. The van der Waals surface area contributed by atoms with Crippen LogP contribution in [0.4, 0.5) is 0 Å². The summed E-state index contributed by atoms with van der Waals surface area (Å²) < 4.78 is 5.48. The van der Waals surface area contributed by atoms with Crippen LogP contribution in [0.15, 0.2) is 0 Å². The zero-order valence-electron chi connectivity index (χ0n) is 7.18. The fourth-order valence-electron chi connectivity index (χ4n) is 0.391. The first-order chi connectivity index (χ1) is 4.48. The molecule has 10 heavy (non-hydrogen) atoms. The minimum atomic E-state index is -0.0897. The summed E-state index contributed by atoms with van der Waals surface area (Å²) in [4.78, 5) is -0.0897. The van der Waals surface area contributed by atoms with Gasteiger partial charge in [0.2, 0.25) is 0 Å². The van der Waals surface area contributed by atoms with Gasteiger partial charge in [-0.2, -0.15) is 0 Å². The van der Waals surface area contributed by atoms with Crippen LogP contribution in [0.3, 0.4) is 0 Å². The normalized spacial score (nSPS) is 15.3. The lowest BCUT2D eigenvalue weighted by Crippen LogP contribution is -2.29. The third kappa shape index (κ3) is 5.09. The number of rotatable bonds is 4. The van der Waals surface area contributed by atoms with Crippen molar-refractivity contribution in [1.82, 2.24) is 0 Å². The predicted molar refractivity (Wildman–Crippen MR) is 47.2 cm³/mol. The van der Waals surface area contributed by atoms with E-state index in [0.29, 0.717) is 6.61 Å². The van der Waals surface area contributed by atoms with E-state index in [-0.39, 0.29) is 11.0 Å². The third-order valence-corrected chi connectivity index (χ3v) is 2.29. The summed E-state index contributed by atoms with van der Waals surface area (Å²) in [6, 6.07) is 0.131. The molecule has 2 N–H and O–H groups in total. The van der Waals surface area contributed by atoms with Gasteiger partial charge in [-0.25, -0.2) is 0 Å². The van der Waals surface area contributed by atoms with Crippen LogP contribution in [-0.4, -0.2) is 23.8 Å². The molecule has 1 unspecified atom stereocenters. The van der Waals surface area contributed by atoms with E-state index < -0.39 is 0 Å². The van der Waals surface area contributed by atoms with Gasteiger partial charge in [0.25, 0.3) is 0 Å².